The molecule has 1 aromatic rings. The Labute approximate surface area is 136 Å². The zero-order valence-electron chi connectivity index (χ0n) is 14.3. The number of aliphatic hydroxyl groups excluding tert-OH is 1. The van der Waals surface area contributed by atoms with Crippen molar-refractivity contribution in [2.45, 2.75) is 65.1 Å². The summed E-state index contributed by atoms with van der Waals surface area (Å²) in [6.45, 7) is 9.29. The molecule has 0 spiro atoms. The van der Waals surface area contributed by atoms with E-state index in [1.807, 2.05) is 24.3 Å². The van der Waals surface area contributed by atoms with Crippen LogP contribution >= 0.6 is 0 Å². The predicted molar refractivity (Wildman–Crippen MR) is 93.8 cm³/mol. The lowest BCUT2D eigenvalue weighted by molar-refractivity contribution is -0.0422. The van der Waals surface area contributed by atoms with E-state index in [9.17, 15) is 5.11 Å². The van der Waals surface area contributed by atoms with Crippen molar-refractivity contribution in [3.63, 3.8) is 0 Å². The Hall–Kier alpha value is -1.12. The van der Waals surface area contributed by atoms with Crippen LogP contribution in [0.3, 0.4) is 0 Å². The van der Waals surface area contributed by atoms with Crippen LogP contribution in [0.1, 0.15) is 57.9 Å². The second-order valence-electron chi connectivity index (χ2n) is 6.49. The molecule has 0 aliphatic heterocycles. The summed E-state index contributed by atoms with van der Waals surface area (Å²) < 4.78 is 5.88. The predicted octanol–water partition coefficient (Wildman–Crippen LogP) is 5.12. The molecule has 124 valence electrons. The molecule has 0 saturated heterocycles. The van der Waals surface area contributed by atoms with Gasteiger partial charge in [0.25, 0.3) is 0 Å². The van der Waals surface area contributed by atoms with Crippen LogP contribution in [-0.2, 0) is 11.3 Å². The van der Waals surface area contributed by atoms with Crippen molar-refractivity contribution in [2.24, 2.45) is 5.41 Å². The largest absolute Gasteiger partial charge is 0.392 e. The van der Waals surface area contributed by atoms with Gasteiger partial charge in [-0.3, -0.25) is 0 Å². The molecule has 0 saturated carbocycles. The standard InChI is InChI=1S/C20H32O2/c1-4-6-7-11-14-19(21)20(3,15-5-2)17-22-16-18-12-9-8-10-13-18/h5,8-10,12-13,19,21H,2,4,6-7,11,14-17H2,1,3H3/t19-,20+/m1/s1. The molecular weight excluding hydrogens is 272 g/mol. The summed E-state index contributed by atoms with van der Waals surface area (Å²) in [5.74, 6) is 0. The summed E-state index contributed by atoms with van der Waals surface area (Å²) in [6.07, 6.45) is 7.92. The highest BCUT2D eigenvalue weighted by Crippen LogP contribution is 2.30. The SMILES string of the molecule is C=CC[C@@](C)(COCc1ccccc1)[C@H](O)CCCCCC. The lowest BCUT2D eigenvalue weighted by atomic mass is 9.79. The number of ether oxygens (including phenoxy) is 1. The maximum Gasteiger partial charge on any atom is 0.0717 e. The Morgan fingerprint density at radius 1 is 1.23 bits per heavy atom. The molecule has 1 N–H and O–H groups in total. The van der Waals surface area contributed by atoms with Crippen LogP contribution in [0, 0.1) is 5.41 Å². The van der Waals surface area contributed by atoms with Gasteiger partial charge >= 0.3 is 0 Å². The lowest BCUT2D eigenvalue weighted by Gasteiger charge is -2.33. The van der Waals surface area contributed by atoms with E-state index in [4.69, 9.17) is 4.74 Å². The minimum Gasteiger partial charge on any atom is -0.392 e. The summed E-state index contributed by atoms with van der Waals surface area (Å²) in [4.78, 5) is 0. The molecule has 1 aromatic carbocycles. The highest BCUT2D eigenvalue weighted by molar-refractivity contribution is 5.13. The smallest absolute Gasteiger partial charge is 0.0717 e. The molecule has 2 heteroatoms. The van der Waals surface area contributed by atoms with Gasteiger partial charge in [0.1, 0.15) is 0 Å². The Bertz CT molecular complexity index is 401. The first-order valence-electron chi connectivity index (χ1n) is 8.53. The minimum atomic E-state index is -0.335. The molecule has 0 amide bonds. The van der Waals surface area contributed by atoms with E-state index < -0.39 is 0 Å². The third kappa shape index (κ3) is 6.76. The average Bonchev–Trinajstić information content (AvgIpc) is 2.52. The van der Waals surface area contributed by atoms with E-state index in [1.54, 1.807) is 0 Å². The molecule has 0 radical (unpaired) electrons. The Morgan fingerprint density at radius 2 is 1.95 bits per heavy atom. The fourth-order valence-corrected chi connectivity index (χ4v) is 2.71. The first kappa shape index (κ1) is 18.9. The third-order valence-corrected chi connectivity index (χ3v) is 4.29. The molecular formula is C20H32O2. The number of unbranched alkanes of at least 4 members (excludes halogenated alkanes) is 3. The fraction of sp³-hybridized carbons (Fsp3) is 0.600. The van der Waals surface area contributed by atoms with Crippen molar-refractivity contribution in [1.29, 1.82) is 0 Å². The summed E-state index contributed by atoms with van der Waals surface area (Å²) in [7, 11) is 0. The van der Waals surface area contributed by atoms with Crippen LogP contribution in [0.15, 0.2) is 43.0 Å². The van der Waals surface area contributed by atoms with Gasteiger partial charge in [0.15, 0.2) is 0 Å². The number of rotatable bonds is 12. The molecule has 0 unspecified atom stereocenters. The Kier molecular flexibility index (Phi) is 9.10. The van der Waals surface area contributed by atoms with Crippen molar-refractivity contribution in [3.8, 4) is 0 Å². The molecule has 0 fully saturated rings. The maximum atomic E-state index is 10.6. The minimum absolute atomic E-state index is 0.247. The zero-order valence-corrected chi connectivity index (χ0v) is 14.3. The number of allylic oxidation sites excluding steroid dienone is 1. The summed E-state index contributed by atoms with van der Waals surface area (Å²) in [5, 5.41) is 10.6. The van der Waals surface area contributed by atoms with E-state index >= 15 is 0 Å². The van der Waals surface area contributed by atoms with Crippen molar-refractivity contribution >= 4 is 0 Å². The van der Waals surface area contributed by atoms with E-state index in [2.05, 4.69) is 32.6 Å². The van der Waals surface area contributed by atoms with E-state index in [0.717, 1.165) is 19.3 Å². The van der Waals surface area contributed by atoms with Crippen LogP contribution < -0.4 is 0 Å². The topological polar surface area (TPSA) is 29.5 Å². The third-order valence-electron chi connectivity index (χ3n) is 4.29. The number of hydrogen-bond donors (Lipinski definition) is 1. The number of hydrogen-bond acceptors (Lipinski definition) is 2. The Morgan fingerprint density at radius 3 is 2.59 bits per heavy atom. The van der Waals surface area contributed by atoms with Gasteiger partial charge in [0.2, 0.25) is 0 Å². The van der Waals surface area contributed by atoms with Crippen molar-refractivity contribution < 1.29 is 9.84 Å². The van der Waals surface area contributed by atoms with Gasteiger partial charge in [0, 0.05) is 5.41 Å². The summed E-state index contributed by atoms with van der Waals surface area (Å²) in [6, 6.07) is 10.2. The van der Waals surface area contributed by atoms with Gasteiger partial charge in [-0.1, -0.05) is 75.9 Å². The Balaban J connectivity index is 2.44. The number of benzene rings is 1. The second-order valence-corrected chi connectivity index (χ2v) is 6.49. The maximum absolute atomic E-state index is 10.6. The van der Waals surface area contributed by atoms with Gasteiger partial charge < -0.3 is 9.84 Å². The average molecular weight is 304 g/mol. The van der Waals surface area contributed by atoms with Crippen molar-refractivity contribution in [1.82, 2.24) is 0 Å². The van der Waals surface area contributed by atoms with Crippen molar-refractivity contribution in [3.05, 3.63) is 48.6 Å². The van der Waals surface area contributed by atoms with Crippen LogP contribution in [0.25, 0.3) is 0 Å². The number of aliphatic hydroxyl groups is 1. The molecule has 0 aromatic heterocycles. The molecule has 2 atom stereocenters. The summed E-state index contributed by atoms with van der Waals surface area (Å²) in [5.41, 5.74) is 0.920. The molecule has 0 aliphatic carbocycles. The van der Waals surface area contributed by atoms with Crippen LogP contribution in [-0.4, -0.2) is 17.8 Å². The zero-order chi connectivity index (χ0) is 16.3. The fourth-order valence-electron chi connectivity index (χ4n) is 2.71. The van der Waals surface area contributed by atoms with Crippen molar-refractivity contribution in [2.75, 3.05) is 6.61 Å². The van der Waals surface area contributed by atoms with Crippen LogP contribution in [0.2, 0.25) is 0 Å². The van der Waals surface area contributed by atoms with E-state index in [1.165, 1.54) is 24.8 Å². The van der Waals surface area contributed by atoms with E-state index in [0.29, 0.717) is 13.2 Å². The highest BCUT2D eigenvalue weighted by atomic mass is 16.5. The highest BCUT2D eigenvalue weighted by Gasteiger charge is 2.31. The molecule has 1 rings (SSSR count). The summed E-state index contributed by atoms with van der Waals surface area (Å²) >= 11 is 0. The molecule has 0 aliphatic rings. The lowest BCUT2D eigenvalue weighted by Crippen LogP contribution is -2.36. The molecule has 0 bridgehead atoms. The first-order valence-corrected chi connectivity index (χ1v) is 8.53. The quantitative estimate of drug-likeness (QED) is 0.429. The van der Waals surface area contributed by atoms with Gasteiger partial charge in [-0.2, -0.15) is 0 Å². The normalized spacial score (nSPS) is 15.2. The molecule has 2 nitrogen and oxygen atoms in total. The van der Waals surface area contributed by atoms with Gasteiger partial charge in [-0.25, -0.2) is 0 Å². The van der Waals surface area contributed by atoms with Gasteiger partial charge in [0.05, 0.1) is 19.3 Å². The molecule has 0 heterocycles. The van der Waals surface area contributed by atoms with Gasteiger partial charge in [-0.05, 0) is 18.4 Å². The van der Waals surface area contributed by atoms with E-state index in [-0.39, 0.29) is 11.5 Å². The molecule has 22 heavy (non-hydrogen) atoms. The van der Waals surface area contributed by atoms with Crippen LogP contribution in [0.4, 0.5) is 0 Å². The van der Waals surface area contributed by atoms with Gasteiger partial charge in [-0.15, -0.1) is 6.58 Å². The monoisotopic (exact) mass is 304 g/mol. The van der Waals surface area contributed by atoms with Crippen LogP contribution in [0.5, 0.6) is 0 Å². The first-order chi connectivity index (χ1) is 10.6. The second kappa shape index (κ2) is 10.6.